The lowest BCUT2D eigenvalue weighted by Crippen LogP contribution is -2.37. The molecule has 0 atom stereocenters. The van der Waals surface area contributed by atoms with E-state index in [4.69, 9.17) is 9.88 Å². The summed E-state index contributed by atoms with van der Waals surface area (Å²) in [7, 11) is -3.75. The third-order valence-electron chi connectivity index (χ3n) is 4.39. The maximum Gasteiger partial charge on any atom is 0.238 e. The van der Waals surface area contributed by atoms with Gasteiger partial charge in [-0.2, -0.15) is 15.0 Å². The van der Waals surface area contributed by atoms with E-state index in [9.17, 15) is 8.42 Å². The van der Waals surface area contributed by atoms with Crippen molar-refractivity contribution in [2.45, 2.75) is 4.90 Å². The van der Waals surface area contributed by atoms with Crippen molar-refractivity contribution in [3.05, 3.63) is 54.6 Å². The molecule has 10 nitrogen and oxygen atoms in total. The highest BCUT2D eigenvalue weighted by atomic mass is 32.2. The molecule has 0 amide bonds. The molecule has 4 rings (SSSR count). The van der Waals surface area contributed by atoms with Crippen LogP contribution < -0.4 is 20.7 Å². The Labute approximate surface area is 174 Å². The molecule has 11 heteroatoms. The number of nitrogens with zero attached hydrogens (tertiary/aromatic N) is 4. The third kappa shape index (κ3) is 5.00. The number of primary sulfonamides is 1. The summed E-state index contributed by atoms with van der Waals surface area (Å²) >= 11 is 0. The second kappa shape index (κ2) is 8.61. The van der Waals surface area contributed by atoms with E-state index in [1.165, 1.54) is 12.1 Å². The van der Waals surface area contributed by atoms with Gasteiger partial charge in [0.2, 0.25) is 27.9 Å². The maximum atomic E-state index is 11.4. The van der Waals surface area contributed by atoms with Crippen molar-refractivity contribution in [1.82, 2.24) is 15.0 Å². The van der Waals surface area contributed by atoms with Crippen LogP contribution in [0.4, 0.5) is 29.2 Å². The van der Waals surface area contributed by atoms with Crippen LogP contribution in [0.5, 0.6) is 0 Å². The molecule has 1 aliphatic rings. The SMILES string of the molecule is NS(=O)(=O)c1ccc(Nc2nc(Nc3ccccc3)nc(N3CCOCC3)n2)cc1. The Morgan fingerprint density at radius 1 is 0.833 bits per heavy atom. The summed E-state index contributed by atoms with van der Waals surface area (Å²) in [6, 6.07) is 15.6. The molecule has 0 spiro atoms. The van der Waals surface area contributed by atoms with E-state index in [1.807, 2.05) is 35.2 Å². The van der Waals surface area contributed by atoms with E-state index in [0.29, 0.717) is 49.8 Å². The van der Waals surface area contributed by atoms with Crippen LogP contribution in [-0.2, 0) is 14.8 Å². The molecule has 2 heterocycles. The molecule has 156 valence electrons. The molecule has 0 unspecified atom stereocenters. The monoisotopic (exact) mass is 427 g/mol. The molecule has 0 saturated carbocycles. The van der Waals surface area contributed by atoms with Gasteiger partial charge >= 0.3 is 0 Å². The van der Waals surface area contributed by atoms with Crippen LogP contribution in [0, 0.1) is 0 Å². The number of para-hydroxylation sites is 1. The first-order chi connectivity index (χ1) is 14.5. The summed E-state index contributed by atoms with van der Waals surface area (Å²) in [5.41, 5.74) is 1.47. The Morgan fingerprint density at radius 2 is 1.40 bits per heavy atom. The minimum Gasteiger partial charge on any atom is -0.378 e. The zero-order chi connectivity index (χ0) is 21.0. The highest BCUT2D eigenvalue weighted by Gasteiger charge is 2.17. The number of rotatable bonds is 6. The molecule has 4 N–H and O–H groups in total. The molecule has 1 saturated heterocycles. The first-order valence-corrected chi connectivity index (χ1v) is 10.8. The van der Waals surface area contributed by atoms with Crippen molar-refractivity contribution in [2.24, 2.45) is 5.14 Å². The first kappa shape index (κ1) is 20.0. The lowest BCUT2D eigenvalue weighted by Gasteiger charge is -2.27. The highest BCUT2D eigenvalue weighted by Crippen LogP contribution is 2.21. The van der Waals surface area contributed by atoms with Crippen molar-refractivity contribution >= 4 is 39.2 Å². The fourth-order valence-corrected chi connectivity index (χ4v) is 3.40. The van der Waals surface area contributed by atoms with Gasteiger partial charge in [-0.05, 0) is 36.4 Å². The lowest BCUT2D eigenvalue weighted by atomic mass is 10.3. The minimum atomic E-state index is -3.75. The number of anilines is 5. The van der Waals surface area contributed by atoms with E-state index in [1.54, 1.807) is 12.1 Å². The van der Waals surface area contributed by atoms with E-state index in [0.717, 1.165) is 5.69 Å². The predicted octanol–water partition coefficient (Wildman–Crippen LogP) is 1.84. The number of ether oxygens (including phenoxy) is 1. The smallest absolute Gasteiger partial charge is 0.238 e. The molecule has 2 aromatic carbocycles. The first-order valence-electron chi connectivity index (χ1n) is 9.28. The van der Waals surface area contributed by atoms with Gasteiger partial charge in [-0.1, -0.05) is 18.2 Å². The van der Waals surface area contributed by atoms with E-state index < -0.39 is 10.0 Å². The van der Waals surface area contributed by atoms with Crippen LogP contribution >= 0.6 is 0 Å². The van der Waals surface area contributed by atoms with Crippen molar-refractivity contribution in [3.8, 4) is 0 Å². The summed E-state index contributed by atoms with van der Waals surface area (Å²) in [5.74, 6) is 1.24. The highest BCUT2D eigenvalue weighted by molar-refractivity contribution is 7.89. The van der Waals surface area contributed by atoms with Gasteiger partial charge in [-0.15, -0.1) is 0 Å². The van der Waals surface area contributed by atoms with E-state index in [-0.39, 0.29) is 4.90 Å². The van der Waals surface area contributed by atoms with Crippen molar-refractivity contribution < 1.29 is 13.2 Å². The quantitative estimate of drug-likeness (QED) is 0.538. The molecule has 0 radical (unpaired) electrons. The number of morpholine rings is 1. The Hall–Kier alpha value is -3.28. The number of aromatic nitrogens is 3. The maximum absolute atomic E-state index is 11.4. The van der Waals surface area contributed by atoms with Gasteiger partial charge in [0.15, 0.2) is 0 Å². The van der Waals surface area contributed by atoms with E-state index >= 15 is 0 Å². The zero-order valence-corrected chi connectivity index (χ0v) is 16.8. The topological polar surface area (TPSA) is 135 Å². The summed E-state index contributed by atoms with van der Waals surface area (Å²) < 4.78 is 28.3. The van der Waals surface area contributed by atoms with Crippen LogP contribution in [0.15, 0.2) is 59.5 Å². The average molecular weight is 427 g/mol. The Kier molecular flexibility index (Phi) is 5.74. The number of hydrogen-bond acceptors (Lipinski definition) is 9. The van der Waals surface area contributed by atoms with Gasteiger partial charge in [0.05, 0.1) is 18.1 Å². The zero-order valence-electron chi connectivity index (χ0n) is 16.0. The van der Waals surface area contributed by atoms with Gasteiger partial charge in [0.25, 0.3) is 0 Å². The second-order valence-electron chi connectivity index (χ2n) is 6.57. The van der Waals surface area contributed by atoms with Crippen LogP contribution in [0.25, 0.3) is 0 Å². The number of nitrogens with two attached hydrogens (primary N) is 1. The van der Waals surface area contributed by atoms with E-state index in [2.05, 4.69) is 25.6 Å². The van der Waals surface area contributed by atoms with Crippen LogP contribution in [0.2, 0.25) is 0 Å². The van der Waals surface area contributed by atoms with Crippen molar-refractivity contribution in [2.75, 3.05) is 41.8 Å². The molecule has 1 aromatic heterocycles. The number of nitrogens with one attached hydrogen (secondary N) is 2. The van der Waals surface area contributed by atoms with Crippen molar-refractivity contribution in [3.63, 3.8) is 0 Å². The number of benzene rings is 2. The Bertz CT molecular complexity index is 1100. The number of hydrogen-bond donors (Lipinski definition) is 3. The predicted molar refractivity (Wildman–Crippen MR) is 114 cm³/mol. The van der Waals surface area contributed by atoms with Gasteiger partial charge in [0, 0.05) is 24.5 Å². The second-order valence-corrected chi connectivity index (χ2v) is 8.13. The van der Waals surface area contributed by atoms with Gasteiger partial charge < -0.3 is 20.3 Å². The standard InChI is InChI=1S/C19H21N7O3S/c20-30(27,28)16-8-6-15(7-9-16)22-18-23-17(21-14-4-2-1-3-5-14)24-19(25-18)26-10-12-29-13-11-26/h1-9H,10-13H2,(H2,20,27,28)(H2,21,22,23,24,25). The van der Waals surface area contributed by atoms with Crippen LogP contribution in [-0.4, -0.2) is 49.7 Å². The summed E-state index contributed by atoms with van der Waals surface area (Å²) in [4.78, 5) is 15.6. The Morgan fingerprint density at radius 3 is 1.97 bits per heavy atom. The molecule has 30 heavy (non-hydrogen) atoms. The van der Waals surface area contributed by atoms with Crippen LogP contribution in [0.1, 0.15) is 0 Å². The fourth-order valence-electron chi connectivity index (χ4n) is 2.89. The minimum absolute atomic E-state index is 0.0316. The molecule has 1 aliphatic heterocycles. The number of sulfonamides is 1. The fraction of sp³-hybridized carbons (Fsp3) is 0.211. The molecule has 0 aliphatic carbocycles. The molecular formula is C19H21N7O3S. The van der Waals surface area contributed by atoms with Gasteiger partial charge in [-0.25, -0.2) is 13.6 Å². The lowest BCUT2D eigenvalue weighted by molar-refractivity contribution is 0.122. The van der Waals surface area contributed by atoms with Gasteiger partial charge in [0.1, 0.15) is 0 Å². The molecule has 0 bridgehead atoms. The molecule has 3 aromatic rings. The summed E-state index contributed by atoms with van der Waals surface area (Å²) in [6.45, 7) is 2.56. The Balaban J connectivity index is 1.62. The summed E-state index contributed by atoms with van der Waals surface area (Å²) in [5, 5.41) is 11.4. The van der Waals surface area contributed by atoms with Gasteiger partial charge in [-0.3, -0.25) is 0 Å². The van der Waals surface area contributed by atoms with Crippen LogP contribution in [0.3, 0.4) is 0 Å². The summed E-state index contributed by atoms with van der Waals surface area (Å²) in [6.07, 6.45) is 0. The third-order valence-corrected chi connectivity index (χ3v) is 5.32. The molecular weight excluding hydrogens is 406 g/mol. The van der Waals surface area contributed by atoms with Crippen molar-refractivity contribution in [1.29, 1.82) is 0 Å². The largest absolute Gasteiger partial charge is 0.378 e. The normalized spacial score (nSPS) is 14.4. The molecule has 1 fully saturated rings. The average Bonchev–Trinajstić information content (AvgIpc) is 2.75.